The Morgan fingerprint density at radius 1 is 1.30 bits per heavy atom. The van der Waals surface area contributed by atoms with Crippen molar-refractivity contribution < 1.29 is 17.2 Å². The second kappa shape index (κ2) is 7.39. The number of benzene rings is 1. The number of hydrogen-bond acceptors (Lipinski definition) is 2. The average Bonchev–Trinajstić information content (AvgIpc) is 3.18. The molecule has 0 aromatic heterocycles. The Hall–Kier alpha value is -1.42. The Morgan fingerprint density at radius 3 is 2.45 bits per heavy atom. The minimum Gasteiger partial charge on any atom is -1.00 e. The maximum absolute atomic E-state index is 11.7. The van der Waals surface area contributed by atoms with Crippen LogP contribution in [0.15, 0.2) is 18.2 Å². The normalized spacial score (nSPS) is 13.3. The maximum Gasteiger partial charge on any atom is 0.319 e. The Morgan fingerprint density at radius 2 is 1.95 bits per heavy atom. The number of urea groups is 1. The fourth-order valence-corrected chi connectivity index (χ4v) is 2.15. The molecule has 1 aliphatic carbocycles. The van der Waals surface area contributed by atoms with Crippen LogP contribution in [0.2, 0.25) is 0 Å². The predicted octanol–water partition coefficient (Wildman–Crippen LogP) is 0.129. The zero-order chi connectivity index (χ0) is 13.8. The molecule has 2 rings (SSSR count). The number of nitrogens with one attached hydrogen (secondary N) is 2. The lowest BCUT2D eigenvalue weighted by Crippen LogP contribution is -3.00. The van der Waals surface area contributed by atoms with Gasteiger partial charge in [0.2, 0.25) is 0 Å². The molecule has 0 spiro atoms. The number of amides is 2. The number of anilines is 2. The molecule has 0 bridgehead atoms. The molecular formula is C15H23ClN3O-. The number of carbonyl (C=O) groups excluding carboxylic acids is 1. The first-order valence-corrected chi connectivity index (χ1v) is 7.07. The molecule has 1 fully saturated rings. The van der Waals surface area contributed by atoms with E-state index in [2.05, 4.69) is 41.5 Å². The molecule has 0 atom stereocenters. The van der Waals surface area contributed by atoms with Gasteiger partial charge < -0.3 is 27.9 Å². The molecule has 2 amide bonds. The molecule has 2 N–H and O–H groups in total. The monoisotopic (exact) mass is 296 g/mol. The van der Waals surface area contributed by atoms with E-state index in [1.54, 1.807) is 0 Å². The third-order valence-corrected chi connectivity index (χ3v) is 3.50. The van der Waals surface area contributed by atoms with Crippen LogP contribution in [-0.4, -0.2) is 25.2 Å². The Balaban J connectivity index is 0.00000200. The van der Waals surface area contributed by atoms with Crippen LogP contribution < -0.4 is 27.9 Å². The number of nitrogens with zero attached hydrogens (tertiary/aromatic N) is 1. The Bertz CT molecular complexity index is 456. The topological polar surface area (TPSA) is 44.4 Å². The number of halogens is 1. The van der Waals surface area contributed by atoms with Crippen LogP contribution in [-0.2, 0) is 0 Å². The molecule has 112 valence electrons. The van der Waals surface area contributed by atoms with Gasteiger partial charge in [0.05, 0.1) is 0 Å². The van der Waals surface area contributed by atoms with Crippen molar-refractivity contribution in [1.29, 1.82) is 0 Å². The minimum atomic E-state index is -0.0961. The summed E-state index contributed by atoms with van der Waals surface area (Å²) in [6, 6.07) is 6.46. The maximum atomic E-state index is 11.7. The Labute approximate surface area is 127 Å². The van der Waals surface area contributed by atoms with E-state index >= 15 is 0 Å². The first kappa shape index (κ1) is 16.6. The zero-order valence-electron chi connectivity index (χ0n) is 12.4. The highest BCUT2D eigenvalue weighted by molar-refractivity contribution is 5.90. The van der Waals surface area contributed by atoms with Gasteiger partial charge >= 0.3 is 6.03 Å². The van der Waals surface area contributed by atoms with E-state index in [-0.39, 0.29) is 18.4 Å². The molecule has 4 nitrogen and oxygen atoms in total. The van der Waals surface area contributed by atoms with E-state index in [1.165, 1.54) is 5.69 Å². The molecule has 1 aliphatic rings. The lowest BCUT2D eigenvalue weighted by molar-refractivity contribution is -0.00000733. The highest BCUT2D eigenvalue weighted by Crippen LogP contribution is 2.23. The van der Waals surface area contributed by atoms with Crippen molar-refractivity contribution in [2.45, 2.75) is 39.7 Å². The number of hydrogen-bond donors (Lipinski definition) is 2. The van der Waals surface area contributed by atoms with Gasteiger partial charge in [0.25, 0.3) is 0 Å². The van der Waals surface area contributed by atoms with Crippen molar-refractivity contribution in [1.82, 2.24) is 5.32 Å². The van der Waals surface area contributed by atoms with Gasteiger partial charge in [-0.15, -0.1) is 0 Å². The highest BCUT2D eigenvalue weighted by Gasteiger charge is 2.23. The SMILES string of the molecule is CCN(CC)c1ccc(NC(=O)NC2CC2)c(C)c1.[Cl-]. The largest absolute Gasteiger partial charge is 1.00 e. The molecule has 0 aliphatic heterocycles. The lowest BCUT2D eigenvalue weighted by Gasteiger charge is -2.22. The molecule has 1 aromatic rings. The summed E-state index contributed by atoms with van der Waals surface area (Å²) < 4.78 is 0. The van der Waals surface area contributed by atoms with Crippen LogP contribution in [0.1, 0.15) is 32.3 Å². The smallest absolute Gasteiger partial charge is 0.319 e. The van der Waals surface area contributed by atoms with Crippen molar-refractivity contribution in [2.75, 3.05) is 23.3 Å². The summed E-state index contributed by atoms with van der Waals surface area (Å²) in [5, 5.41) is 5.84. The van der Waals surface area contributed by atoms with Gasteiger partial charge in [0.1, 0.15) is 0 Å². The van der Waals surface area contributed by atoms with Crippen molar-refractivity contribution in [3.63, 3.8) is 0 Å². The summed E-state index contributed by atoms with van der Waals surface area (Å²) in [7, 11) is 0. The van der Waals surface area contributed by atoms with E-state index in [4.69, 9.17) is 0 Å². The van der Waals surface area contributed by atoms with Crippen molar-refractivity contribution >= 4 is 17.4 Å². The van der Waals surface area contributed by atoms with Gasteiger partial charge in [-0.05, 0) is 57.4 Å². The van der Waals surface area contributed by atoms with E-state index in [9.17, 15) is 4.79 Å². The third-order valence-electron chi connectivity index (χ3n) is 3.50. The summed E-state index contributed by atoms with van der Waals surface area (Å²) in [4.78, 5) is 14.0. The van der Waals surface area contributed by atoms with Crippen LogP contribution in [0.3, 0.4) is 0 Å². The van der Waals surface area contributed by atoms with Crippen LogP contribution >= 0.6 is 0 Å². The van der Waals surface area contributed by atoms with Crippen LogP contribution in [0.4, 0.5) is 16.2 Å². The molecule has 0 heterocycles. The fourth-order valence-electron chi connectivity index (χ4n) is 2.15. The van der Waals surface area contributed by atoms with Crippen LogP contribution in [0, 0.1) is 6.92 Å². The van der Waals surface area contributed by atoms with Gasteiger partial charge in [-0.1, -0.05) is 0 Å². The van der Waals surface area contributed by atoms with Gasteiger partial charge in [-0.25, -0.2) is 4.79 Å². The average molecular weight is 297 g/mol. The molecule has 0 unspecified atom stereocenters. The summed E-state index contributed by atoms with van der Waals surface area (Å²) in [6.07, 6.45) is 2.21. The number of carbonyl (C=O) groups is 1. The minimum absolute atomic E-state index is 0. The highest BCUT2D eigenvalue weighted by atomic mass is 35.5. The van der Waals surface area contributed by atoms with E-state index in [1.807, 2.05) is 13.0 Å². The third kappa shape index (κ3) is 4.30. The molecule has 0 radical (unpaired) electrons. The summed E-state index contributed by atoms with van der Waals surface area (Å²) in [6.45, 7) is 8.30. The van der Waals surface area contributed by atoms with Gasteiger partial charge in [-0.2, -0.15) is 0 Å². The van der Waals surface area contributed by atoms with Gasteiger partial charge in [-0.3, -0.25) is 0 Å². The summed E-state index contributed by atoms with van der Waals surface area (Å²) >= 11 is 0. The van der Waals surface area contributed by atoms with Crippen molar-refractivity contribution in [2.24, 2.45) is 0 Å². The second-order valence-electron chi connectivity index (χ2n) is 5.04. The lowest BCUT2D eigenvalue weighted by atomic mass is 10.1. The Kier molecular flexibility index (Phi) is 6.14. The quantitative estimate of drug-likeness (QED) is 0.811. The predicted molar refractivity (Wildman–Crippen MR) is 79.9 cm³/mol. The summed E-state index contributed by atoms with van der Waals surface area (Å²) in [5.41, 5.74) is 3.18. The van der Waals surface area contributed by atoms with Crippen molar-refractivity contribution in [3.8, 4) is 0 Å². The van der Waals surface area contributed by atoms with Crippen molar-refractivity contribution in [3.05, 3.63) is 23.8 Å². The second-order valence-corrected chi connectivity index (χ2v) is 5.04. The fraction of sp³-hybridized carbons (Fsp3) is 0.533. The first-order chi connectivity index (χ1) is 9.13. The zero-order valence-corrected chi connectivity index (χ0v) is 13.1. The van der Waals surface area contributed by atoms with Gasteiger partial charge in [0.15, 0.2) is 0 Å². The standard InChI is InChI=1S/C15H23N3O.ClH/c1-4-18(5-2)13-8-9-14(11(3)10-13)17-15(19)16-12-6-7-12;/h8-10,12H,4-7H2,1-3H3,(H2,16,17,19);1H/p-1. The number of rotatable bonds is 5. The molecule has 5 heteroatoms. The first-order valence-electron chi connectivity index (χ1n) is 7.07. The number of aryl methyl sites for hydroxylation is 1. The summed E-state index contributed by atoms with van der Waals surface area (Å²) in [5.74, 6) is 0. The van der Waals surface area contributed by atoms with E-state index in [0.29, 0.717) is 6.04 Å². The molecule has 1 aromatic carbocycles. The van der Waals surface area contributed by atoms with E-state index < -0.39 is 0 Å². The molecular weight excluding hydrogens is 274 g/mol. The molecule has 20 heavy (non-hydrogen) atoms. The van der Waals surface area contributed by atoms with E-state index in [0.717, 1.165) is 37.2 Å². The van der Waals surface area contributed by atoms with Crippen LogP contribution in [0.5, 0.6) is 0 Å². The van der Waals surface area contributed by atoms with Crippen LogP contribution in [0.25, 0.3) is 0 Å². The molecule has 1 saturated carbocycles. The van der Waals surface area contributed by atoms with Gasteiger partial charge in [0, 0.05) is 30.5 Å². The molecule has 0 saturated heterocycles.